The fraction of sp³-hybridized carbons (Fsp3) is 0.412. The molecule has 0 saturated carbocycles. The molecule has 9 heteroatoms. The Morgan fingerprint density at radius 3 is 2.77 bits per heavy atom. The Morgan fingerprint density at radius 2 is 2.19 bits per heavy atom. The second-order valence-electron chi connectivity index (χ2n) is 5.59. The maximum Gasteiger partial charge on any atom is 0.287 e. The molecule has 0 atom stereocenters. The van der Waals surface area contributed by atoms with Gasteiger partial charge in [0.1, 0.15) is 0 Å². The van der Waals surface area contributed by atoms with Gasteiger partial charge in [-0.15, -0.1) is 24.0 Å². The lowest BCUT2D eigenvalue weighted by Gasteiger charge is -2.22. The summed E-state index contributed by atoms with van der Waals surface area (Å²) in [7, 11) is 4.01. The van der Waals surface area contributed by atoms with E-state index in [1.807, 2.05) is 27.2 Å². The Balaban J connectivity index is 0.00000338. The minimum Gasteiger partial charge on any atom is -0.459 e. The predicted molar refractivity (Wildman–Crippen MR) is 117 cm³/mol. The van der Waals surface area contributed by atoms with Crippen molar-refractivity contribution in [1.82, 2.24) is 20.1 Å². The minimum absolute atomic E-state index is 0. The predicted octanol–water partition coefficient (Wildman–Crippen LogP) is 2.83. The quantitative estimate of drug-likeness (QED) is 0.246. The third-order valence-corrected chi connectivity index (χ3v) is 4.01. The average molecular weight is 538 g/mol. The van der Waals surface area contributed by atoms with Gasteiger partial charge in [0.15, 0.2) is 11.7 Å². The van der Waals surface area contributed by atoms with Crippen molar-refractivity contribution in [2.45, 2.75) is 13.5 Å². The number of aromatic nitrogens is 1. The van der Waals surface area contributed by atoms with E-state index in [1.54, 1.807) is 12.1 Å². The van der Waals surface area contributed by atoms with Crippen LogP contribution in [0.5, 0.6) is 0 Å². The number of carbonyl (C=O) groups excluding carboxylic acids is 1. The summed E-state index contributed by atoms with van der Waals surface area (Å²) < 4.78 is 8.19. The Morgan fingerprint density at radius 1 is 1.42 bits per heavy atom. The second-order valence-corrected chi connectivity index (χ2v) is 6.50. The molecule has 0 fully saturated rings. The van der Waals surface area contributed by atoms with Crippen LogP contribution in [-0.4, -0.2) is 48.0 Å². The highest BCUT2D eigenvalue weighted by atomic mass is 127. The molecule has 0 unspecified atom stereocenters. The van der Waals surface area contributed by atoms with Crippen molar-refractivity contribution in [3.63, 3.8) is 0 Å². The number of furan rings is 1. The molecule has 0 aliphatic rings. The number of guanidine groups is 1. The molecular formula is C17H25BrIN5O2. The third-order valence-electron chi connectivity index (χ3n) is 3.57. The summed E-state index contributed by atoms with van der Waals surface area (Å²) in [5, 5.41) is 6.06. The highest BCUT2D eigenvalue weighted by Crippen LogP contribution is 2.14. The molecule has 0 aliphatic carbocycles. The Bertz CT molecular complexity index is 715. The van der Waals surface area contributed by atoms with Crippen LogP contribution in [0.2, 0.25) is 0 Å². The number of carbonyl (C=O) groups is 1. The van der Waals surface area contributed by atoms with E-state index in [9.17, 15) is 4.79 Å². The molecule has 0 aliphatic heterocycles. The van der Waals surface area contributed by atoms with Crippen molar-refractivity contribution in [1.29, 1.82) is 0 Å². The van der Waals surface area contributed by atoms with Crippen LogP contribution in [0.15, 0.2) is 44.5 Å². The van der Waals surface area contributed by atoms with Crippen molar-refractivity contribution >= 4 is 51.8 Å². The van der Waals surface area contributed by atoms with Gasteiger partial charge in [0, 0.05) is 43.5 Å². The van der Waals surface area contributed by atoms with Gasteiger partial charge in [0.2, 0.25) is 0 Å². The number of aryl methyl sites for hydroxylation is 1. The standard InChI is InChI=1S/C17H24BrN5O2.HI/c1-4-19-17(23(3)12-14-10-13(18)11-22(14)2)21-8-7-20-16(24)15-6-5-9-25-15;/h5-6,9-11H,4,7-8,12H2,1-3H3,(H,19,21)(H,20,24);1H. The van der Waals surface area contributed by atoms with Crippen LogP contribution in [0, 0.1) is 0 Å². The summed E-state index contributed by atoms with van der Waals surface area (Å²) in [5.41, 5.74) is 1.17. The molecule has 26 heavy (non-hydrogen) atoms. The molecule has 2 heterocycles. The monoisotopic (exact) mass is 537 g/mol. The summed E-state index contributed by atoms with van der Waals surface area (Å²) in [6.07, 6.45) is 3.50. The van der Waals surface area contributed by atoms with Gasteiger partial charge < -0.3 is 24.5 Å². The van der Waals surface area contributed by atoms with E-state index >= 15 is 0 Å². The van der Waals surface area contributed by atoms with Gasteiger partial charge in [0.25, 0.3) is 5.91 Å². The number of hydrogen-bond donors (Lipinski definition) is 2. The molecule has 7 nitrogen and oxygen atoms in total. The van der Waals surface area contributed by atoms with Crippen LogP contribution in [0.4, 0.5) is 0 Å². The van der Waals surface area contributed by atoms with Gasteiger partial charge in [-0.25, -0.2) is 0 Å². The van der Waals surface area contributed by atoms with Gasteiger partial charge in [-0.3, -0.25) is 9.79 Å². The Hall–Kier alpha value is -1.49. The summed E-state index contributed by atoms with van der Waals surface area (Å²) in [4.78, 5) is 18.4. The van der Waals surface area contributed by atoms with Crippen molar-refractivity contribution in [2.24, 2.45) is 12.0 Å². The van der Waals surface area contributed by atoms with E-state index in [-0.39, 0.29) is 29.9 Å². The first-order valence-corrected chi connectivity index (χ1v) is 8.92. The lowest BCUT2D eigenvalue weighted by Crippen LogP contribution is -2.39. The smallest absolute Gasteiger partial charge is 0.287 e. The van der Waals surface area contributed by atoms with Crippen LogP contribution in [0.25, 0.3) is 0 Å². The maximum absolute atomic E-state index is 11.8. The number of halogens is 2. The first-order chi connectivity index (χ1) is 12.0. The maximum atomic E-state index is 11.8. The van der Waals surface area contributed by atoms with E-state index in [2.05, 4.69) is 47.1 Å². The zero-order chi connectivity index (χ0) is 18.2. The minimum atomic E-state index is -0.229. The highest BCUT2D eigenvalue weighted by Gasteiger charge is 2.10. The van der Waals surface area contributed by atoms with Crippen LogP contribution >= 0.6 is 39.9 Å². The molecule has 2 aromatic heterocycles. The van der Waals surface area contributed by atoms with E-state index < -0.39 is 0 Å². The summed E-state index contributed by atoms with van der Waals surface area (Å²) >= 11 is 3.49. The summed E-state index contributed by atoms with van der Waals surface area (Å²) in [6.45, 7) is 4.46. The molecule has 2 aromatic rings. The Labute approximate surface area is 179 Å². The van der Waals surface area contributed by atoms with Gasteiger partial charge in [-0.05, 0) is 41.1 Å². The van der Waals surface area contributed by atoms with Crippen molar-refractivity contribution < 1.29 is 9.21 Å². The van der Waals surface area contributed by atoms with Gasteiger partial charge in [-0.1, -0.05) is 0 Å². The lowest BCUT2D eigenvalue weighted by molar-refractivity contribution is 0.0927. The number of aliphatic imine (C=N–C) groups is 1. The molecular weight excluding hydrogens is 513 g/mol. The molecule has 0 saturated heterocycles. The third kappa shape index (κ3) is 6.67. The first-order valence-electron chi connectivity index (χ1n) is 8.13. The molecule has 0 aromatic carbocycles. The lowest BCUT2D eigenvalue weighted by atomic mass is 10.4. The van der Waals surface area contributed by atoms with E-state index in [0.29, 0.717) is 18.8 Å². The van der Waals surface area contributed by atoms with Crippen molar-refractivity contribution in [3.05, 3.63) is 46.6 Å². The summed E-state index contributed by atoms with van der Waals surface area (Å²) in [5.74, 6) is 0.876. The molecule has 0 radical (unpaired) electrons. The number of hydrogen-bond acceptors (Lipinski definition) is 3. The molecule has 0 bridgehead atoms. The zero-order valence-corrected chi connectivity index (χ0v) is 19.1. The van der Waals surface area contributed by atoms with Gasteiger partial charge in [-0.2, -0.15) is 0 Å². The SMILES string of the molecule is CCNC(=NCCNC(=O)c1ccco1)N(C)Cc1cc(Br)cn1C.I. The van der Waals surface area contributed by atoms with Gasteiger partial charge >= 0.3 is 0 Å². The molecule has 2 N–H and O–H groups in total. The number of nitrogens with one attached hydrogen (secondary N) is 2. The fourth-order valence-corrected chi connectivity index (χ4v) is 2.91. The van der Waals surface area contributed by atoms with Crippen molar-refractivity contribution in [3.8, 4) is 0 Å². The van der Waals surface area contributed by atoms with E-state index in [1.165, 1.54) is 12.0 Å². The van der Waals surface area contributed by atoms with E-state index in [4.69, 9.17) is 4.42 Å². The zero-order valence-electron chi connectivity index (χ0n) is 15.2. The number of nitrogens with zero attached hydrogens (tertiary/aromatic N) is 3. The number of amides is 1. The molecule has 144 valence electrons. The first kappa shape index (κ1) is 22.6. The largest absolute Gasteiger partial charge is 0.459 e. The molecule has 1 amide bonds. The normalized spacial score (nSPS) is 11.0. The van der Waals surface area contributed by atoms with Crippen molar-refractivity contribution in [2.75, 3.05) is 26.7 Å². The van der Waals surface area contributed by atoms with Crippen LogP contribution in [0.3, 0.4) is 0 Å². The molecule has 0 spiro atoms. The van der Waals surface area contributed by atoms with Crippen LogP contribution in [0.1, 0.15) is 23.2 Å². The molecule has 2 rings (SSSR count). The number of rotatable bonds is 7. The van der Waals surface area contributed by atoms with Crippen LogP contribution in [-0.2, 0) is 13.6 Å². The Kier molecular flexibility index (Phi) is 9.78. The van der Waals surface area contributed by atoms with E-state index in [0.717, 1.165) is 23.5 Å². The van der Waals surface area contributed by atoms with Crippen LogP contribution < -0.4 is 10.6 Å². The second kappa shape index (κ2) is 11.3. The fourth-order valence-electron chi connectivity index (χ4n) is 2.34. The summed E-state index contributed by atoms with van der Waals surface area (Å²) in [6, 6.07) is 5.41. The average Bonchev–Trinajstić information content (AvgIpc) is 3.20. The topological polar surface area (TPSA) is 74.8 Å². The van der Waals surface area contributed by atoms with Gasteiger partial charge in [0.05, 0.1) is 19.4 Å². The highest BCUT2D eigenvalue weighted by molar-refractivity contribution is 14.0.